The number of nitrogens with one attached hydrogen (secondary N) is 1. The van der Waals surface area contributed by atoms with Crippen LogP contribution in [0.2, 0.25) is 4.34 Å². The molecule has 2 aliphatic rings. The summed E-state index contributed by atoms with van der Waals surface area (Å²) in [6.07, 6.45) is 6.45. The van der Waals surface area contributed by atoms with E-state index in [1.54, 1.807) is 29.0 Å². The lowest BCUT2D eigenvalue weighted by molar-refractivity contribution is -0.156. The second-order valence-electron chi connectivity index (χ2n) is 11.7. The average molecular weight is 569 g/mol. The van der Waals surface area contributed by atoms with Gasteiger partial charge in [-0.3, -0.25) is 24.4 Å². The van der Waals surface area contributed by atoms with Crippen LogP contribution < -0.4 is 5.32 Å². The Balaban J connectivity index is 1.64. The third-order valence-corrected chi connectivity index (χ3v) is 9.04. The summed E-state index contributed by atoms with van der Waals surface area (Å²) in [7, 11) is 1.76. The van der Waals surface area contributed by atoms with Crippen LogP contribution in [0.15, 0.2) is 12.1 Å². The molecule has 4 amide bonds. The molecule has 212 valence electrons. The first-order valence-electron chi connectivity index (χ1n) is 13.4. The highest BCUT2D eigenvalue weighted by Gasteiger charge is 2.39. The molecule has 1 aromatic heterocycles. The Morgan fingerprint density at radius 3 is 2.34 bits per heavy atom. The van der Waals surface area contributed by atoms with Gasteiger partial charge in [-0.2, -0.15) is 0 Å². The van der Waals surface area contributed by atoms with Gasteiger partial charge >= 0.3 is 0 Å². The number of hydroxylamine groups is 2. The van der Waals surface area contributed by atoms with Gasteiger partial charge in [0.2, 0.25) is 18.2 Å². The Morgan fingerprint density at radius 2 is 1.82 bits per heavy atom. The summed E-state index contributed by atoms with van der Waals surface area (Å²) in [5.41, 5.74) is -0.558. The Hall–Kier alpha value is -2.17. The molecule has 3 rings (SSSR count). The smallest absolute Gasteiger partial charge is 0.263 e. The van der Waals surface area contributed by atoms with Crippen molar-refractivity contribution >= 4 is 47.1 Å². The molecule has 2 heterocycles. The molecule has 0 unspecified atom stereocenters. The third-order valence-electron chi connectivity index (χ3n) is 7.82. The van der Waals surface area contributed by atoms with E-state index in [1.807, 2.05) is 20.8 Å². The molecule has 38 heavy (non-hydrogen) atoms. The lowest BCUT2D eigenvalue weighted by Crippen LogP contribution is -2.58. The highest BCUT2D eigenvalue weighted by molar-refractivity contribution is 7.17. The molecule has 2 N–H and O–H groups in total. The van der Waals surface area contributed by atoms with Gasteiger partial charge in [-0.05, 0) is 42.7 Å². The maximum atomic E-state index is 13.7. The summed E-state index contributed by atoms with van der Waals surface area (Å²) in [5.74, 6) is -0.784. The number of piperidine rings is 1. The number of carbonyl (C=O) groups excluding carboxylic acids is 4. The molecule has 11 heteroatoms. The number of thiophene rings is 1. The summed E-state index contributed by atoms with van der Waals surface area (Å²) < 4.78 is 0.576. The zero-order chi connectivity index (χ0) is 28.0. The van der Waals surface area contributed by atoms with Crippen LogP contribution in [0.1, 0.15) is 75.4 Å². The van der Waals surface area contributed by atoms with Crippen molar-refractivity contribution in [1.82, 2.24) is 20.2 Å². The summed E-state index contributed by atoms with van der Waals surface area (Å²) >= 11 is 7.24. The minimum Gasteiger partial charge on any atom is -0.344 e. The fraction of sp³-hybridized carbons (Fsp3) is 0.704. The van der Waals surface area contributed by atoms with Gasteiger partial charge in [-0.1, -0.05) is 58.1 Å². The molecule has 9 nitrogen and oxygen atoms in total. The van der Waals surface area contributed by atoms with E-state index in [9.17, 15) is 24.4 Å². The third kappa shape index (κ3) is 7.93. The minimum atomic E-state index is -0.776. The number of carbonyl (C=O) groups is 4. The number of rotatable bonds is 10. The quantitative estimate of drug-likeness (QED) is 0.251. The largest absolute Gasteiger partial charge is 0.344 e. The number of nitrogens with zero attached hydrogens (tertiary/aromatic N) is 3. The van der Waals surface area contributed by atoms with Crippen molar-refractivity contribution in [2.75, 3.05) is 26.7 Å². The Morgan fingerprint density at radius 1 is 1.18 bits per heavy atom. The second-order valence-corrected chi connectivity index (χ2v) is 13.4. The van der Waals surface area contributed by atoms with E-state index in [0.29, 0.717) is 59.0 Å². The monoisotopic (exact) mass is 568 g/mol. The molecule has 1 saturated heterocycles. The number of likely N-dealkylation sites (N-methyl/N-ethyl adjacent to an activating group) is 1. The van der Waals surface area contributed by atoms with Crippen LogP contribution in [0, 0.1) is 17.3 Å². The molecule has 0 spiro atoms. The Kier molecular flexibility index (Phi) is 10.6. The number of amides is 4. The Bertz CT molecular complexity index is 982. The van der Waals surface area contributed by atoms with E-state index in [4.69, 9.17) is 11.6 Å². The average Bonchev–Trinajstić information content (AvgIpc) is 3.56. The first-order valence-corrected chi connectivity index (χ1v) is 14.6. The van der Waals surface area contributed by atoms with Crippen molar-refractivity contribution in [3.05, 3.63) is 21.3 Å². The minimum absolute atomic E-state index is 0.0456. The van der Waals surface area contributed by atoms with Gasteiger partial charge in [0, 0.05) is 26.2 Å². The van der Waals surface area contributed by atoms with E-state index in [2.05, 4.69) is 5.32 Å². The lowest BCUT2D eigenvalue weighted by atomic mass is 9.84. The predicted octanol–water partition coefficient (Wildman–Crippen LogP) is 4.04. The molecule has 1 aliphatic heterocycles. The fourth-order valence-electron chi connectivity index (χ4n) is 5.52. The van der Waals surface area contributed by atoms with E-state index >= 15 is 0 Å². The van der Waals surface area contributed by atoms with Gasteiger partial charge in [0.15, 0.2) is 0 Å². The highest BCUT2D eigenvalue weighted by atomic mass is 35.5. The molecule has 0 bridgehead atoms. The highest BCUT2D eigenvalue weighted by Crippen LogP contribution is 2.31. The fourth-order valence-corrected chi connectivity index (χ4v) is 6.53. The van der Waals surface area contributed by atoms with Crippen molar-refractivity contribution in [2.45, 2.75) is 77.8 Å². The van der Waals surface area contributed by atoms with Gasteiger partial charge in [0.25, 0.3) is 5.91 Å². The van der Waals surface area contributed by atoms with Crippen LogP contribution in [-0.4, -0.2) is 83.0 Å². The number of halogens is 1. The zero-order valence-corrected chi connectivity index (χ0v) is 24.4. The summed E-state index contributed by atoms with van der Waals surface area (Å²) in [4.78, 5) is 55.1. The van der Waals surface area contributed by atoms with Crippen LogP contribution in [0.3, 0.4) is 0 Å². The maximum Gasteiger partial charge on any atom is 0.263 e. The molecular formula is C27H41ClN4O5S. The zero-order valence-electron chi connectivity index (χ0n) is 22.8. The molecule has 0 radical (unpaired) electrons. The van der Waals surface area contributed by atoms with Crippen molar-refractivity contribution in [2.24, 2.45) is 17.3 Å². The lowest BCUT2D eigenvalue weighted by Gasteiger charge is -2.40. The van der Waals surface area contributed by atoms with Crippen LogP contribution >= 0.6 is 22.9 Å². The van der Waals surface area contributed by atoms with Crippen LogP contribution in [0.4, 0.5) is 0 Å². The summed E-state index contributed by atoms with van der Waals surface area (Å²) in [5, 5.41) is 13.3. The second kappa shape index (κ2) is 13.3. The van der Waals surface area contributed by atoms with E-state index in [-0.39, 0.29) is 30.3 Å². The van der Waals surface area contributed by atoms with Crippen molar-refractivity contribution in [1.29, 1.82) is 0 Å². The SMILES string of the molecule is CN(C(=O)[C@@H](NC(=O)[C@H](CC1CCCC1)CN(O)C=O)C(C)(C)C)C1CCN(C(=O)c2ccc(Cl)s2)CC1. The van der Waals surface area contributed by atoms with Gasteiger partial charge in [-0.25, -0.2) is 5.06 Å². The van der Waals surface area contributed by atoms with Gasteiger partial charge in [0.1, 0.15) is 6.04 Å². The maximum absolute atomic E-state index is 13.7. The number of likely N-dealkylation sites (tertiary alicyclic amines) is 1. The predicted molar refractivity (Wildman–Crippen MR) is 147 cm³/mol. The van der Waals surface area contributed by atoms with E-state index in [1.165, 1.54) is 11.3 Å². The normalized spacial score (nSPS) is 18.6. The molecular weight excluding hydrogens is 528 g/mol. The molecule has 2 atom stereocenters. The first kappa shape index (κ1) is 30.4. The van der Waals surface area contributed by atoms with Crippen LogP contribution in [0.25, 0.3) is 0 Å². The van der Waals surface area contributed by atoms with Crippen molar-refractivity contribution in [3.63, 3.8) is 0 Å². The number of hydrogen-bond donors (Lipinski definition) is 2. The topological polar surface area (TPSA) is 110 Å². The number of hydrogen-bond acceptors (Lipinski definition) is 6. The van der Waals surface area contributed by atoms with Gasteiger partial charge in [-0.15, -0.1) is 11.3 Å². The van der Waals surface area contributed by atoms with E-state index in [0.717, 1.165) is 25.7 Å². The summed E-state index contributed by atoms with van der Waals surface area (Å²) in [6.45, 7) is 6.69. The molecule has 0 aromatic carbocycles. The van der Waals surface area contributed by atoms with Crippen molar-refractivity contribution in [3.8, 4) is 0 Å². The molecule has 1 aliphatic carbocycles. The van der Waals surface area contributed by atoms with Crippen LogP contribution in [0.5, 0.6) is 0 Å². The first-order chi connectivity index (χ1) is 17.9. The molecule has 1 aromatic rings. The Labute approximate surface area is 234 Å². The van der Waals surface area contributed by atoms with Crippen LogP contribution in [-0.2, 0) is 14.4 Å². The van der Waals surface area contributed by atoms with E-state index < -0.39 is 17.4 Å². The van der Waals surface area contributed by atoms with Gasteiger partial charge in [0.05, 0.1) is 21.7 Å². The van der Waals surface area contributed by atoms with Crippen molar-refractivity contribution < 1.29 is 24.4 Å². The molecule has 2 fully saturated rings. The van der Waals surface area contributed by atoms with Gasteiger partial charge < -0.3 is 15.1 Å². The molecule has 1 saturated carbocycles. The summed E-state index contributed by atoms with van der Waals surface area (Å²) in [6, 6.07) is 2.62. The standard InChI is InChI=1S/C27H41ClN4O5S/c1-27(2,3)23(29-24(34)19(16-32(37)17-33)15-18-7-5-6-8-18)26(36)30(4)20-11-13-31(14-12-20)25(35)21-9-10-22(28)38-21/h9-10,17-20,23,37H,5-8,11-16H2,1-4H3,(H,29,34)/t19-,23-/m1/s1.